The molecule has 2 aromatic carbocycles. The van der Waals surface area contributed by atoms with Gasteiger partial charge in [-0.25, -0.2) is 0 Å². The zero-order chi connectivity index (χ0) is 14.4. The Morgan fingerprint density at radius 1 is 1.15 bits per heavy atom. The Labute approximate surface area is 127 Å². The highest BCUT2D eigenvalue weighted by molar-refractivity contribution is 9.10. The Hall–Kier alpha value is -1.99. The fourth-order valence-corrected chi connectivity index (χ4v) is 2.28. The molecule has 3 nitrogen and oxygen atoms in total. The van der Waals surface area contributed by atoms with Gasteiger partial charge in [0.05, 0.1) is 12.5 Å². The smallest absolute Gasteiger partial charge is 0.0640 e. The van der Waals surface area contributed by atoms with Gasteiger partial charge in [0.15, 0.2) is 0 Å². The molecule has 0 aliphatic rings. The van der Waals surface area contributed by atoms with Crippen LogP contribution in [-0.2, 0) is 6.54 Å². The molecule has 4 heteroatoms. The summed E-state index contributed by atoms with van der Waals surface area (Å²) >= 11 is 3.40. The molecule has 0 aliphatic heterocycles. The van der Waals surface area contributed by atoms with E-state index in [9.17, 15) is 0 Å². The van der Waals surface area contributed by atoms with Crippen LogP contribution in [0.1, 0.15) is 12.0 Å². The molecule has 0 unspecified atom stereocenters. The Kier molecular flexibility index (Phi) is 5.03. The second-order valence-corrected chi connectivity index (χ2v) is 5.38. The summed E-state index contributed by atoms with van der Waals surface area (Å²) in [5.41, 5.74) is 8.90. The SMILES string of the molecule is N#CCCN(Cc1ccc(Br)c(N)c1)c1ccccc1. The topological polar surface area (TPSA) is 53.0 Å². The molecule has 0 aromatic heterocycles. The summed E-state index contributed by atoms with van der Waals surface area (Å²) < 4.78 is 0.907. The average molecular weight is 330 g/mol. The molecule has 2 rings (SSSR count). The fraction of sp³-hybridized carbons (Fsp3) is 0.188. The van der Waals surface area contributed by atoms with Crippen LogP contribution >= 0.6 is 15.9 Å². The van der Waals surface area contributed by atoms with Crippen molar-refractivity contribution in [3.8, 4) is 6.07 Å². The highest BCUT2D eigenvalue weighted by Gasteiger charge is 2.08. The highest BCUT2D eigenvalue weighted by Crippen LogP contribution is 2.23. The summed E-state index contributed by atoms with van der Waals surface area (Å²) in [6, 6.07) is 18.3. The van der Waals surface area contributed by atoms with Gasteiger partial charge < -0.3 is 10.6 Å². The maximum absolute atomic E-state index is 8.81. The van der Waals surface area contributed by atoms with Crippen molar-refractivity contribution in [1.29, 1.82) is 5.26 Å². The number of nitrogens with zero attached hydrogens (tertiary/aromatic N) is 2. The first-order valence-corrected chi connectivity index (χ1v) is 7.21. The maximum atomic E-state index is 8.81. The lowest BCUT2D eigenvalue weighted by Gasteiger charge is -2.24. The average Bonchev–Trinajstić information content (AvgIpc) is 2.48. The minimum absolute atomic E-state index is 0.501. The monoisotopic (exact) mass is 329 g/mol. The van der Waals surface area contributed by atoms with Crippen molar-refractivity contribution in [2.45, 2.75) is 13.0 Å². The molecule has 0 heterocycles. The first kappa shape index (κ1) is 14.4. The molecule has 0 saturated heterocycles. The molecule has 0 bridgehead atoms. The van der Waals surface area contributed by atoms with Crippen LogP contribution in [0.2, 0.25) is 0 Å². The van der Waals surface area contributed by atoms with E-state index in [4.69, 9.17) is 11.0 Å². The second-order valence-electron chi connectivity index (χ2n) is 4.52. The van der Waals surface area contributed by atoms with Gasteiger partial charge in [0.1, 0.15) is 0 Å². The third-order valence-corrected chi connectivity index (χ3v) is 3.77. The van der Waals surface area contributed by atoms with Crippen molar-refractivity contribution < 1.29 is 0 Å². The van der Waals surface area contributed by atoms with Crippen molar-refractivity contribution in [3.05, 3.63) is 58.6 Å². The van der Waals surface area contributed by atoms with E-state index in [1.54, 1.807) is 0 Å². The lowest BCUT2D eigenvalue weighted by Crippen LogP contribution is -2.23. The number of para-hydroxylation sites is 1. The molecule has 0 spiro atoms. The lowest BCUT2D eigenvalue weighted by atomic mass is 10.1. The van der Waals surface area contributed by atoms with E-state index in [2.05, 4.69) is 39.0 Å². The molecular formula is C16H16BrN3. The summed E-state index contributed by atoms with van der Waals surface area (Å²) in [5, 5.41) is 8.81. The van der Waals surface area contributed by atoms with Gasteiger partial charge in [0.25, 0.3) is 0 Å². The Morgan fingerprint density at radius 3 is 2.55 bits per heavy atom. The third kappa shape index (κ3) is 3.75. The predicted octanol–water partition coefficient (Wildman–Crippen LogP) is 3.95. The van der Waals surface area contributed by atoms with Crippen LogP contribution in [0, 0.1) is 11.3 Å². The highest BCUT2D eigenvalue weighted by atomic mass is 79.9. The fourth-order valence-electron chi connectivity index (χ4n) is 2.04. The molecular weight excluding hydrogens is 314 g/mol. The number of nitrogens with two attached hydrogens (primary N) is 1. The van der Waals surface area contributed by atoms with Gasteiger partial charge in [-0.15, -0.1) is 0 Å². The van der Waals surface area contributed by atoms with Crippen molar-refractivity contribution >= 4 is 27.3 Å². The minimum Gasteiger partial charge on any atom is -0.398 e. The van der Waals surface area contributed by atoms with E-state index in [-0.39, 0.29) is 0 Å². The van der Waals surface area contributed by atoms with Crippen molar-refractivity contribution in [2.24, 2.45) is 0 Å². The van der Waals surface area contributed by atoms with Crippen molar-refractivity contribution in [3.63, 3.8) is 0 Å². The number of nitriles is 1. The zero-order valence-electron chi connectivity index (χ0n) is 11.1. The van der Waals surface area contributed by atoms with Crippen LogP contribution in [-0.4, -0.2) is 6.54 Å². The van der Waals surface area contributed by atoms with E-state index < -0.39 is 0 Å². The van der Waals surface area contributed by atoms with Crippen LogP contribution < -0.4 is 10.6 Å². The van der Waals surface area contributed by atoms with Gasteiger partial charge in [-0.05, 0) is 45.8 Å². The predicted molar refractivity (Wildman–Crippen MR) is 86.3 cm³/mol. The molecule has 2 aromatic rings. The third-order valence-electron chi connectivity index (χ3n) is 3.05. The summed E-state index contributed by atoms with van der Waals surface area (Å²) in [7, 11) is 0. The molecule has 20 heavy (non-hydrogen) atoms. The van der Waals surface area contributed by atoms with Gasteiger partial charge in [-0.1, -0.05) is 24.3 Å². The number of nitrogen functional groups attached to an aromatic ring is 1. The maximum Gasteiger partial charge on any atom is 0.0640 e. The van der Waals surface area contributed by atoms with E-state index in [1.807, 2.05) is 36.4 Å². The molecule has 0 amide bonds. The van der Waals surface area contributed by atoms with E-state index in [0.29, 0.717) is 13.0 Å². The molecule has 0 saturated carbocycles. The molecule has 2 N–H and O–H groups in total. The second kappa shape index (κ2) is 6.97. The van der Waals surface area contributed by atoms with Gasteiger partial charge >= 0.3 is 0 Å². The number of anilines is 2. The molecule has 102 valence electrons. The van der Waals surface area contributed by atoms with Crippen molar-refractivity contribution in [1.82, 2.24) is 0 Å². The summed E-state index contributed by atoms with van der Waals surface area (Å²) in [4.78, 5) is 2.19. The van der Waals surface area contributed by atoms with Crippen LogP contribution in [0.4, 0.5) is 11.4 Å². The Balaban J connectivity index is 2.19. The van der Waals surface area contributed by atoms with E-state index in [1.165, 1.54) is 0 Å². The van der Waals surface area contributed by atoms with E-state index >= 15 is 0 Å². The summed E-state index contributed by atoms with van der Waals surface area (Å²) in [5.74, 6) is 0. The van der Waals surface area contributed by atoms with Gasteiger partial charge in [0.2, 0.25) is 0 Å². The minimum atomic E-state index is 0.501. The van der Waals surface area contributed by atoms with Crippen LogP contribution in [0.15, 0.2) is 53.0 Å². The first-order valence-electron chi connectivity index (χ1n) is 6.41. The Bertz CT molecular complexity index is 605. The van der Waals surface area contributed by atoms with Gasteiger partial charge in [-0.2, -0.15) is 5.26 Å². The molecule has 0 radical (unpaired) electrons. The number of rotatable bonds is 5. The first-order chi connectivity index (χ1) is 9.70. The number of hydrogen-bond donors (Lipinski definition) is 1. The standard InChI is InChI=1S/C16H16BrN3/c17-15-8-7-13(11-16(15)19)12-20(10-4-9-18)14-5-2-1-3-6-14/h1-3,5-8,11H,4,10,12,19H2. The van der Waals surface area contributed by atoms with Gasteiger partial charge in [0, 0.05) is 28.9 Å². The Morgan fingerprint density at radius 2 is 1.90 bits per heavy atom. The van der Waals surface area contributed by atoms with Crippen LogP contribution in [0.3, 0.4) is 0 Å². The number of hydrogen-bond acceptors (Lipinski definition) is 3. The summed E-state index contributed by atoms with van der Waals surface area (Å²) in [6.45, 7) is 1.44. The lowest BCUT2D eigenvalue weighted by molar-refractivity contribution is 0.798. The summed E-state index contributed by atoms with van der Waals surface area (Å²) in [6.07, 6.45) is 0.501. The molecule has 0 aliphatic carbocycles. The molecule has 0 fully saturated rings. The van der Waals surface area contributed by atoms with Crippen molar-refractivity contribution in [2.75, 3.05) is 17.2 Å². The number of benzene rings is 2. The van der Waals surface area contributed by atoms with Crippen LogP contribution in [0.25, 0.3) is 0 Å². The quantitative estimate of drug-likeness (QED) is 0.845. The normalized spacial score (nSPS) is 10.0. The van der Waals surface area contributed by atoms with Crippen LogP contribution in [0.5, 0.6) is 0 Å². The number of halogens is 1. The molecule has 0 atom stereocenters. The van der Waals surface area contributed by atoms with E-state index in [0.717, 1.165) is 28.0 Å². The zero-order valence-corrected chi connectivity index (χ0v) is 12.7. The van der Waals surface area contributed by atoms with Gasteiger partial charge in [-0.3, -0.25) is 0 Å². The largest absolute Gasteiger partial charge is 0.398 e.